The average molecular weight is 238 g/mol. The van der Waals surface area contributed by atoms with Crippen molar-refractivity contribution in [1.82, 2.24) is 10.2 Å². The molecule has 2 aliphatic rings. The summed E-state index contributed by atoms with van der Waals surface area (Å²) in [5.41, 5.74) is 0. The molecule has 0 aromatic rings. The van der Waals surface area contributed by atoms with Crippen molar-refractivity contribution in [3.05, 3.63) is 0 Å². The van der Waals surface area contributed by atoms with Crippen molar-refractivity contribution >= 4 is 0 Å². The summed E-state index contributed by atoms with van der Waals surface area (Å²) in [5.74, 6) is 1.85. The first-order chi connectivity index (χ1) is 8.20. The molecule has 0 aromatic carbocycles. The summed E-state index contributed by atoms with van der Waals surface area (Å²) in [6.07, 6.45) is 8.48. The van der Waals surface area contributed by atoms with Crippen molar-refractivity contribution in [2.45, 2.75) is 64.5 Å². The van der Waals surface area contributed by atoms with Crippen LogP contribution in [-0.4, -0.2) is 37.1 Å². The molecule has 0 radical (unpaired) electrons. The third-order valence-electron chi connectivity index (χ3n) is 5.08. The molecule has 100 valence electrons. The topological polar surface area (TPSA) is 15.3 Å². The molecule has 3 unspecified atom stereocenters. The number of hydrogen-bond acceptors (Lipinski definition) is 2. The second-order valence-corrected chi connectivity index (χ2v) is 6.42. The van der Waals surface area contributed by atoms with Crippen LogP contribution in [0.5, 0.6) is 0 Å². The van der Waals surface area contributed by atoms with E-state index in [1.54, 1.807) is 0 Å². The van der Waals surface area contributed by atoms with E-state index in [1.165, 1.54) is 51.6 Å². The zero-order valence-electron chi connectivity index (χ0n) is 11.9. The van der Waals surface area contributed by atoms with E-state index in [0.717, 1.165) is 23.9 Å². The quantitative estimate of drug-likeness (QED) is 0.813. The van der Waals surface area contributed by atoms with Crippen LogP contribution >= 0.6 is 0 Å². The van der Waals surface area contributed by atoms with E-state index in [0.29, 0.717) is 0 Å². The first-order valence-electron chi connectivity index (χ1n) is 7.62. The Morgan fingerprint density at radius 2 is 1.88 bits per heavy atom. The van der Waals surface area contributed by atoms with E-state index in [4.69, 9.17) is 0 Å². The molecule has 0 bridgehead atoms. The predicted molar refractivity (Wildman–Crippen MR) is 74.2 cm³/mol. The second-order valence-electron chi connectivity index (χ2n) is 6.42. The third kappa shape index (κ3) is 3.45. The van der Waals surface area contributed by atoms with E-state index < -0.39 is 0 Å². The van der Waals surface area contributed by atoms with Crippen LogP contribution in [0.4, 0.5) is 0 Å². The van der Waals surface area contributed by atoms with Crippen LogP contribution in [0.3, 0.4) is 0 Å². The fourth-order valence-corrected chi connectivity index (χ4v) is 3.73. The number of nitrogens with zero attached hydrogens (tertiary/aromatic N) is 1. The van der Waals surface area contributed by atoms with Gasteiger partial charge in [0.05, 0.1) is 0 Å². The molecule has 0 spiro atoms. The van der Waals surface area contributed by atoms with Gasteiger partial charge in [0, 0.05) is 12.1 Å². The molecule has 2 fully saturated rings. The van der Waals surface area contributed by atoms with Gasteiger partial charge in [0.15, 0.2) is 0 Å². The number of nitrogens with one attached hydrogen (secondary N) is 1. The summed E-state index contributed by atoms with van der Waals surface area (Å²) in [7, 11) is 2.12. The van der Waals surface area contributed by atoms with Crippen LogP contribution in [-0.2, 0) is 0 Å². The van der Waals surface area contributed by atoms with Crippen molar-refractivity contribution in [3.63, 3.8) is 0 Å². The Kier molecular flexibility index (Phi) is 4.87. The van der Waals surface area contributed by atoms with Crippen LogP contribution < -0.4 is 5.32 Å². The fourth-order valence-electron chi connectivity index (χ4n) is 3.73. The third-order valence-corrected chi connectivity index (χ3v) is 5.08. The molecule has 1 N–H and O–H groups in total. The summed E-state index contributed by atoms with van der Waals surface area (Å²) in [5, 5.41) is 3.45. The summed E-state index contributed by atoms with van der Waals surface area (Å²) >= 11 is 0. The molecule has 2 heteroatoms. The maximum atomic E-state index is 3.45. The van der Waals surface area contributed by atoms with Gasteiger partial charge in [0.25, 0.3) is 0 Å². The Balaban J connectivity index is 1.82. The molecule has 2 nitrogen and oxygen atoms in total. The maximum absolute atomic E-state index is 3.45. The molecule has 1 heterocycles. The monoisotopic (exact) mass is 238 g/mol. The molecule has 1 saturated carbocycles. The molecule has 1 saturated heterocycles. The van der Waals surface area contributed by atoms with Crippen LogP contribution in [0.25, 0.3) is 0 Å². The van der Waals surface area contributed by atoms with Gasteiger partial charge in [0.2, 0.25) is 0 Å². The lowest BCUT2D eigenvalue weighted by atomic mass is 9.89. The van der Waals surface area contributed by atoms with Gasteiger partial charge in [-0.05, 0) is 70.5 Å². The lowest BCUT2D eigenvalue weighted by molar-refractivity contribution is 0.198. The van der Waals surface area contributed by atoms with Crippen molar-refractivity contribution in [2.24, 2.45) is 11.8 Å². The largest absolute Gasteiger partial charge is 0.317 e. The molecule has 0 amide bonds. The van der Waals surface area contributed by atoms with Crippen LogP contribution in [0.2, 0.25) is 0 Å². The maximum Gasteiger partial charge on any atom is 0.0111 e. The average Bonchev–Trinajstić information content (AvgIpc) is 2.65. The second kappa shape index (κ2) is 6.19. The molecular weight excluding hydrogens is 208 g/mol. The van der Waals surface area contributed by atoms with Gasteiger partial charge < -0.3 is 10.2 Å². The number of hydrogen-bond donors (Lipinski definition) is 1. The van der Waals surface area contributed by atoms with Gasteiger partial charge in [-0.1, -0.05) is 13.8 Å². The smallest absolute Gasteiger partial charge is 0.0111 e. The van der Waals surface area contributed by atoms with Gasteiger partial charge in [-0.3, -0.25) is 0 Å². The van der Waals surface area contributed by atoms with Gasteiger partial charge in [-0.2, -0.15) is 0 Å². The molecule has 1 aliphatic heterocycles. The van der Waals surface area contributed by atoms with Crippen LogP contribution in [0.1, 0.15) is 52.4 Å². The summed E-state index contributed by atoms with van der Waals surface area (Å²) < 4.78 is 0. The minimum Gasteiger partial charge on any atom is -0.317 e. The van der Waals surface area contributed by atoms with Crippen LogP contribution in [0.15, 0.2) is 0 Å². The SMILES string of the molecule is CNC1CCC(N2CCCC(C(C)C)CC2)C1. The first kappa shape index (κ1) is 13.4. The number of rotatable bonds is 3. The van der Waals surface area contributed by atoms with Crippen molar-refractivity contribution in [2.75, 3.05) is 20.1 Å². The Morgan fingerprint density at radius 3 is 2.53 bits per heavy atom. The highest BCUT2D eigenvalue weighted by atomic mass is 15.2. The zero-order valence-corrected chi connectivity index (χ0v) is 11.9. The van der Waals surface area contributed by atoms with Gasteiger partial charge >= 0.3 is 0 Å². The van der Waals surface area contributed by atoms with Crippen LogP contribution in [0, 0.1) is 11.8 Å². The van der Waals surface area contributed by atoms with E-state index in [-0.39, 0.29) is 0 Å². The normalized spacial score (nSPS) is 36.4. The van der Waals surface area contributed by atoms with Gasteiger partial charge in [-0.25, -0.2) is 0 Å². The zero-order chi connectivity index (χ0) is 12.3. The Hall–Kier alpha value is -0.0800. The van der Waals surface area contributed by atoms with Crippen molar-refractivity contribution < 1.29 is 0 Å². The fraction of sp³-hybridized carbons (Fsp3) is 1.00. The van der Waals surface area contributed by atoms with Gasteiger partial charge in [-0.15, -0.1) is 0 Å². The number of likely N-dealkylation sites (tertiary alicyclic amines) is 1. The molecule has 1 aliphatic carbocycles. The molecule has 2 rings (SSSR count). The van der Waals surface area contributed by atoms with Crippen molar-refractivity contribution in [3.8, 4) is 0 Å². The minimum atomic E-state index is 0.782. The highest BCUT2D eigenvalue weighted by Crippen LogP contribution is 2.29. The highest BCUT2D eigenvalue weighted by molar-refractivity contribution is 4.87. The first-order valence-corrected chi connectivity index (χ1v) is 7.62. The van der Waals surface area contributed by atoms with Crippen molar-refractivity contribution in [1.29, 1.82) is 0 Å². The van der Waals surface area contributed by atoms with Gasteiger partial charge in [0.1, 0.15) is 0 Å². The minimum absolute atomic E-state index is 0.782. The molecular formula is C15H30N2. The van der Waals surface area contributed by atoms with E-state index in [1.807, 2.05) is 0 Å². The lowest BCUT2D eigenvalue weighted by Crippen LogP contribution is -2.36. The summed E-state index contributed by atoms with van der Waals surface area (Å²) in [4.78, 5) is 2.79. The van der Waals surface area contributed by atoms with E-state index >= 15 is 0 Å². The lowest BCUT2D eigenvalue weighted by Gasteiger charge is -2.27. The highest BCUT2D eigenvalue weighted by Gasteiger charge is 2.30. The molecule has 3 atom stereocenters. The molecule has 0 aromatic heterocycles. The molecule has 17 heavy (non-hydrogen) atoms. The van der Waals surface area contributed by atoms with E-state index in [2.05, 4.69) is 31.1 Å². The Morgan fingerprint density at radius 1 is 1.06 bits per heavy atom. The Labute approximate surface area is 107 Å². The summed E-state index contributed by atoms with van der Waals surface area (Å²) in [6, 6.07) is 1.66. The predicted octanol–water partition coefficient (Wildman–Crippen LogP) is 2.89. The standard InChI is InChI=1S/C15H30N2/c1-12(2)13-5-4-9-17(10-8-13)15-7-6-14(11-15)16-3/h12-16H,4-11H2,1-3H3. The summed E-state index contributed by atoms with van der Waals surface area (Å²) in [6.45, 7) is 7.49. The Bertz CT molecular complexity index is 227. The van der Waals surface area contributed by atoms with E-state index in [9.17, 15) is 0 Å².